The van der Waals surface area contributed by atoms with Crippen LogP contribution in [0.1, 0.15) is 31.7 Å². The molecule has 0 bridgehead atoms. The Morgan fingerprint density at radius 1 is 1.62 bits per heavy atom. The van der Waals surface area contributed by atoms with E-state index in [0.717, 1.165) is 24.3 Å². The first-order valence-electron chi connectivity index (χ1n) is 5.80. The summed E-state index contributed by atoms with van der Waals surface area (Å²) in [6.07, 6.45) is 5.32. The first-order chi connectivity index (χ1) is 7.74. The van der Waals surface area contributed by atoms with E-state index >= 15 is 0 Å². The summed E-state index contributed by atoms with van der Waals surface area (Å²) < 4.78 is 0. The average Bonchev–Trinajstić information content (AvgIpc) is 3.10. The third-order valence-corrected chi connectivity index (χ3v) is 2.80. The second-order valence-corrected chi connectivity index (χ2v) is 4.21. The van der Waals surface area contributed by atoms with Crippen molar-refractivity contribution in [2.45, 2.75) is 32.2 Å². The molecule has 4 nitrogen and oxygen atoms in total. The maximum absolute atomic E-state index is 7.57. The van der Waals surface area contributed by atoms with Crippen LogP contribution in [0, 0.1) is 5.41 Å². The number of nitrogens with two attached hydrogens (primary N) is 1. The number of amidine groups is 1. The Morgan fingerprint density at radius 3 is 2.94 bits per heavy atom. The van der Waals surface area contributed by atoms with Crippen molar-refractivity contribution in [1.82, 2.24) is 4.98 Å². The fraction of sp³-hybridized carbons (Fsp3) is 0.500. The second-order valence-electron chi connectivity index (χ2n) is 4.21. The van der Waals surface area contributed by atoms with Gasteiger partial charge >= 0.3 is 0 Å². The van der Waals surface area contributed by atoms with Crippen molar-refractivity contribution in [2.75, 3.05) is 11.4 Å². The van der Waals surface area contributed by atoms with E-state index in [1.807, 2.05) is 12.1 Å². The molecular weight excluding hydrogens is 200 g/mol. The van der Waals surface area contributed by atoms with Crippen molar-refractivity contribution >= 4 is 11.7 Å². The van der Waals surface area contributed by atoms with Gasteiger partial charge in [-0.15, -0.1) is 0 Å². The molecule has 3 N–H and O–H groups in total. The van der Waals surface area contributed by atoms with E-state index in [1.54, 1.807) is 6.20 Å². The van der Waals surface area contributed by atoms with Gasteiger partial charge in [0.05, 0.1) is 5.56 Å². The Labute approximate surface area is 96.0 Å². The molecule has 1 aromatic rings. The molecule has 0 aliphatic heterocycles. The molecule has 86 valence electrons. The third-order valence-electron chi connectivity index (χ3n) is 2.80. The van der Waals surface area contributed by atoms with Gasteiger partial charge in [-0.1, -0.05) is 6.92 Å². The molecule has 0 unspecified atom stereocenters. The lowest BCUT2D eigenvalue weighted by atomic mass is 10.2. The summed E-state index contributed by atoms with van der Waals surface area (Å²) in [6, 6.07) is 4.31. The lowest BCUT2D eigenvalue weighted by Crippen LogP contribution is -2.30. The monoisotopic (exact) mass is 218 g/mol. The van der Waals surface area contributed by atoms with Gasteiger partial charge in [0.2, 0.25) is 0 Å². The van der Waals surface area contributed by atoms with Crippen LogP contribution in [0.15, 0.2) is 18.3 Å². The highest BCUT2D eigenvalue weighted by Crippen LogP contribution is 2.32. The summed E-state index contributed by atoms with van der Waals surface area (Å²) in [6.45, 7) is 3.15. The quantitative estimate of drug-likeness (QED) is 0.584. The Hall–Kier alpha value is -1.58. The summed E-state index contributed by atoms with van der Waals surface area (Å²) in [4.78, 5) is 6.67. The molecule has 1 heterocycles. The summed E-state index contributed by atoms with van der Waals surface area (Å²) in [5.41, 5.74) is 6.34. The lowest BCUT2D eigenvalue weighted by molar-refractivity contribution is 0.749. The van der Waals surface area contributed by atoms with Crippen molar-refractivity contribution in [3.63, 3.8) is 0 Å². The smallest absolute Gasteiger partial charge is 0.139 e. The van der Waals surface area contributed by atoms with E-state index < -0.39 is 0 Å². The van der Waals surface area contributed by atoms with Crippen molar-refractivity contribution < 1.29 is 0 Å². The molecular formula is C12H18N4. The van der Waals surface area contributed by atoms with E-state index in [4.69, 9.17) is 11.1 Å². The topological polar surface area (TPSA) is 66.0 Å². The number of nitrogens with zero attached hydrogens (tertiary/aromatic N) is 2. The van der Waals surface area contributed by atoms with Crippen LogP contribution in [-0.4, -0.2) is 23.4 Å². The van der Waals surface area contributed by atoms with Gasteiger partial charge in [0.25, 0.3) is 0 Å². The van der Waals surface area contributed by atoms with E-state index in [1.165, 1.54) is 12.8 Å². The predicted octanol–water partition coefficient (Wildman–Crippen LogP) is 1.74. The zero-order valence-corrected chi connectivity index (χ0v) is 9.61. The zero-order chi connectivity index (χ0) is 11.5. The minimum Gasteiger partial charge on any atom is -0.384 e. The first-order valence-corrected chi connectivity index (χ1v) is 5.80. The highest BCUT2D eigenvalue weighted by atomic mass is 15.2. The molecule has 1 aliphatic rings. The van der Waals surface area contributed by atoms with Crippen molar-refractivity contribution in [1.29, 1.82) is 5.41 Å². The Balaban J connectivity index is 2.32. The van der Waals surface area contributed by atoms with Crippen LogP contribution in [0.4, 0.5) is 5.82 Å². The molecule has 0 amide bonds. The van der Waals surface area contributed by atoms with Crippen LogP contribution in [0.25, 0.3) is 0 Å². The molecule has 0 saturated heterocycles. The Morgan fingerprint density at radius 2 is 2.38 bits per heavy atom. The zero-order valence-electron chi connectivity index (χ0n) is 9.61. The van der Waals surface area contributed by atoms with Crippen LogP contribution < -0.4 is 10.6 Å². The molecule has 1 aromatic heterocycles. The highest BCUT2D eigenvalue weighted by molar-refractivity contribution is 5.99. The molecule has 4 heteroatoms. The van der Waals surface area contributed by atoms with Crippen LogP contribution in [0.2, 0.25) is 0 Å². The maximum Gasteiger partial charge on any atom is 0.139 e. The van der Waals surface area contributed by atoms with E-state index in [0.29, 0.717) is 6.04 Å². The molecule has 0 spiro atoms. The van der Waals surface area contributed by atoms with Crippen molar-refractivity contribution in [3.8, 4) is 0 Å². The predicted molar refractivity (Wildman–Crippen MR) is 65.9 cm³/mol. The molecule has 1 aliphatic carbocycles. The first kappa shape index (κ1) is 10.9. The van der Waals surface area contributed by atoms with Gasteiger partial charge in [0.1, 0.15) is 11.7 Å². The van der Waals surface area contributed by atoms with Gasteiger partial charge in [0.15, 0.2) is 0 Å². The fourth-order valence-electron chi connectivity index (χ4n) is 1.92. The largest absolute Gasteiger partial charge is 0.384 e. The third kappa shape index (κ3) is 2.15. The Kier molecular flexibility index (Phi) is 3.08. The van der Waals surface area contributed by atoms with Crippen LogP contribution in [0.5, 0.6) is 0 Å². The molecule has 0 atom stereocenters. The maximum atomic E-state index is 7.57. The van der Waals surface area contributed by atoms with Crippen LogP contribution in [-0.2, 0) is 0 Å². The molecule has 0 aromatic carbocycles. The van der Waals surface area contributed by atoms with Gasteiger partial charge in [0, 0.05) is 18.8 Å². The summed E-state index contributed by atoms with van der Waals surface area (Å²) in [7, 11) is 0. The average molecular weight is 218 g/mol. The molecule has 1 fully saturated rings. The van der Waals surface area contributed by atoms with Crippen molar-refractivity contribution in [3.05, 3.63) is 23.9 Å². The number of anilines is 1. The van der Waals surface area contributed by atoms with Crippen molar-refractivity contribution in [2.24, 2.45) is 5.73 Å². The number of hydrogen-bond donors (Lipinski definition) is 2. The van der Waals surface area contributed by atoms with Gasteiger partial charge in [-0.2, -0.15) is 0 Å². The fourth-order valence-corrected chi connectivity index (χ4v) is 1.92. The molecule has 2 rings (SSSR count). The van der Waals surface area contributed by atoms with E-state index in [-0.39, 0.29) is 5.84 Å². The number of aromatic nitrogens is 1. The summed E-state index contributed by atoms with van der Waals surface area (Å²) in [5, 5.41) is 7.57. The van der Waals surface area contributed by atoms with E-state index in [2.05, 4.69) is 16.8 Å². The summed E-state index contributed by atoms with van der Waals surface area (Å²) >= 11 is 0. The lowest BCUT2D eigenvalue weighted by Gasteiger charge is -2.24. The summed E-state index contributed by atoms with van der Waals surface area (Å²) in [5.74, 6) is 0.976. The normalized spacial score (nSPS) is 14.8. The van der Waals surface area contributed by atoms with Crippen LogP contribution in [0.3, 0.4) is 0 Å². The number of pyridine rings is 1. The Bertz CT molecular complexity index is 384. The highest BCUT2D eigenvalue weighted by Gasteiger charge is 2.30. The van der Waals surface area contributed by atoms with Gasteiger partial charge in [-0.25, -0.2) is 4.98 Å². The second kappa shape index (κ2) is 4.51. The number of nitrogens with one attached hydrogen (secondary N) is 1. The minimum absolute atomic E-state index is 0.102. The number of rotatable bonds is 5. The minimum atomic E-state index is 0.102. The SMILES string of the molecule is CCCN(c1ncccc1C(=N)N)C1CC1. The van der Waals surface area contributed by atoms with Gasteiger partial charge in [-0.05, 0) is 31.4 Å². The van der Waals surface area contributed by atoms with Gasteiger partial charge < -0.3 is 10.6 Å². The van der Waals surface area contributed by atoms with Gasteiger partial charge in [-0.3, -0.25) is 5.41 Å². The number of nitrogen functional groups attached to an aromatic ring is 1. The van der Waals surface area contributed by atoms with E-state index in [9.17, 15) is 0 Å². The standard InChI is InChI=1S/C12H18N4/c1-2-8-16(9-5-6-9)12-10(11(13)14)4-3-7-15-12/h3-4,7,9H,2,5-6,8H2,1H3,(H3,13,14). The molecule has 0 radical (unpaired) electrons. The molecule has 16 heavy (non-hydrogen) atoms. The number of hydrogen-bond acceptors (Lipinski definition) is 3. The van der Waals surface area contributed by atoms with Crippen LogP contribution >= 0.6 is 0 Å². The molecule has 1 saturated carbocycles.